The largest absolute Gasteiger partial charge is 0.456 e. The molecule has 2 aromatic rings. The number of carbonyl (C=O) groups is 2. The quantitative estimate of drug-likeness (QED) is 0.193. The number of fused-ring (bicyclic) bond motifs is 2. The molecule has 0 atom stereocenters. The van der Waals surface area contributed by atoms with Gasteiger partial charge < -0.3 is 13.9 Å². The fourth-order valence-electron chi connectivity index (χ4n) is 3.64. The molecule has 0 saturated heterocycles. The molecule has 0 amide bonds. The third-order valence-electron chi connectivity index (χ3n) is 5.19. The van der Waals surface area contributed by atoms with E-state index in [2.05, 4.69) is 0 Å². The highest BCUT2D eigenvalue weighted by Crippen LogP contribution is 2.43. The molecule has 1 heterocycles. The van der Waals surface area contributed by atoms with Gasteiger partial charge in [0.25, 0.3) is 0 Å². The second-order valence-corrected chi connectivity index (χ2v) is 8.09. The zero-order chi connectivity index (χ0) is 23.7. The highest BCUT2D eigenvalue weighted by molar-refractivity contribution is 6.32. The van der Waals surface area contributed by atoms with Crippen molar-refractivity contribution < 1.29 is 23.5 Å². The fraction of sp³-hybridized carbons (Fsp3) is 0.160. The zero-order valence-corrected chi connectivity index (χ0v) is 19.3. The third-order valence-corrected chi connectivity index (χ3v) is 5.84. The lowest BCUT2D eigenvalue weighted by atomic mass is 9.90. The van der Waals surface area contributed by atoms with Gasteiger partial charge in [0.05, 0.1) is 10.6 Å². The van der Waals surface area contributed by atoms with Gasteiger partial charge in [0.15, 0.2) is 0 Å². The Morgan fingerprint density at radius 3 is 2.45 bits per heavy atom. The monoisotopic (exact) mass is 484 g/mol. The van der Waals surface area contributed by atoms with Crippen LogP contribution in [0.15, 0.2) is 57.7 Å². The van der Waals surface area contributed by atoms with Gasteiger partial charge in [0.2, 0.25) is 12.2 Å². The molecule has 6 nitrogen and oxygen atoms in total. The van der Waals surface area contributed by atoms with E-state index in [1.807, 2.05) is 13.0 Å². The average Bonchev–Trinajstić information content (AvgIpc) is 2.78. The molecule has 0 bridgehead atoms. The van der Waals surface area contributed by atoms with Gasteiger partial charge in [-0.25, -0.2) is 4.79 Å². The lowest BCUT2D eigenvalue weighted by molar-refractivity contribution is -0.149. The number of esters is 2. The van der Waals surface area contributed by atoms with Crippen molar-refractivity contribution in [1.29, 1.82) is 0 Å². The molecule has 0 radical (unpaired) electrons. The van der Waals surface area contributed by atoms with Crippen LogP contribution in [0.5, 0.6) is 0 Å². The molecule has 8 heteroatoms. The second kappa shape index (κ2) is 9.25. The van der Waals surface area contributed by atoms with Gasteiger partial charge in [-0.1, -0.05) is 48.3 Å². The molecule has 1 aliphatic carbocycles. The lowest BCUT2D eigenvalue weighted by Gasteiger charge is -2.18. The number of ether oxygens (including phenoxy) is 2. The molecule has 0 aromatic heterocycles. The standard InChI is InChI=1S/C25H18Cl2O6/c1-3-14-8-22-17(9-19(14)26)24(18-10-20(27)21(29)11-23(18)33-22)15-6-4-5-7-16(15)25(30)32-12-31-13(2)28/h4-11H,3,12H2,1-2H3. The molecule has 2 aliphatic rings. The van der Waals surface area contributed by atoms with E-state index in [0.717, 1.165) is 5.56 Å². The summed E-state index contributed by atoms with van der Waals surface area (Å²) in [6.45, 7) is 2.68. The first-order valence-corrected chi connectivity index (χ1v) is 10.8. The van der Waals surface area contributed by atoms with E-state index in [4.69, 9.17) is 37.1 Å². The predicted molar refractivity (Wildman–Crippen MR) is 126 cm³/mol. The molecule has 0 N–H and O–H groups in total. The maximum absolute atomic E-state index is 12.8. The van der Waals surface area contributed by atoms with Gasteiger partial charge >= 0.3 is 11.9 Å². The van der Waals surface area contributed by atoms with Gasteiger partial charge in [-0.3, -0.25) is 9.59 Å². The number of rotatable bonds is 5. The number of aryl methyl sites for hydroxylation is 1. The summed E-state index contributed by atoms with van der Waals surface area (Å²) in [5.41, 5.74) is 2.90. The first-order valence-electron chi connectivity index (χ1n) is 10.1. The number of hydrogen-bond donors (Lipinski definition) is 0. The minimum atomic E-state index is -0.684. The van der Waals surface area contributed by atoms with Crippen molar-refractivity contribution in [2.45, 2.75) is 20.3 Å². The highest BCUT2D eigenvalue weighted by Gasteiger charge is 2.24. The smallest absolute Gasteiger partial charge is 0.341 e. The number of hydrogen-bond acceptors (Lipinski definition) is 6. The number of carbonyl (C=O) groups excluding carboxylic acids is 2. The average molecular weight is 485 g/mol. The van der Waals surface area contributed by atoms with Crippen molar-refractivity contribution >= 4 is 46.1 Å². The highest BCUT2D eigenvalue weighted by atomic mass is 35.5. The third kappa shape index (κ3) is 4.45. The number of halogens is 2. The lowest BCUT2D eigenvalue weighted by Crippen LogP contribution is -2.12. The van der Waals surface area contributed by atoms with Crippen molar-refractivity contribution in [2.24, 2.45) is 0 Å². The van der Waals surface area contributed by atoms with Crippen molar-refractivity contribution in [3.05, 3.63) is 79.9 Å². The van der Waals surface area contributed by atoms with Gasteiger partial charge in [-0.2, -0.15) is 0 Å². The van der Waals surface area contributed by atoms with E-state index in [1.165, 1.54) is 19.1 Å². The maximum Gasteiger partial charge on any atom is 0.341 e. The minimum absolute atomic E-state index is 0.0180. The molecule has 0 fully saturated rings. The molecular formula is C25H18Cl2O6. The molecule has 168 valence electrons. The van der Waals surface area contributed by atoms with Gasteiger partial charge in [-0.05, 0) is 41.8 Å². The Balaban J connectivity index is 2.01. The molecule has 0 unspecified atom stereocenters. The topological polar surface area (TPSA) is 82.8 Å². The van der Waals surface area contributed by atoms with E-state index >= 15 is 0 Å². The van der Waals surface area contributed by atoms with Crippen LogP contribution in [0.1, 0.15) is 29.8 Å². The summed E-state index contributed by atoms with van der Waals surface area (Å²) in [5.74, 6) is -0.932. The van der Waals surface area contributed by atoms with E-state index in [-0.39, 0.29) is 16.0 Å². The predicted octanol–water partition coefficient (Wildman–Crippen LogP) is 6.11. The normalized spacial score (nSPS) is 11.0. The van der Waals surface area contributed by atoms with E-state index in [9.17, 15) is 14.4 Å². The van der Waals surface area contributed by atoms with E-state index < -0.39 is 18.7 Å². The first-order chi connectivity index (χ1) is 15.8. The molecule has 0 spiro atoms. The Bertz CT molecular complexity index is 1420. The van der Waals surface area contributed by atoms with Crippen molar-refractivity contribution in [1.82, 2.24) is 0 Å². The second-order valence-electron chi connectivity index (χ2n) is 7.28. The Labute approximate surface area is 199 Å². The Morgan fingerprint density at radius 2 is 1.73 bits per heavy atom. The van der Waals surface area contributed by atoms with E-state index in [1.54, 1.807) is 30.3 Å². The Morgan fingerprint density at radius 1 is 0.970 bits per heavy atom. The van der Waals surface area contributed by atoms with Gasteiger partial charge in [-0.15, -0.1) is 0 Å². The van der Waals surface area contributed by atoms with Crippen molar-refractivity contribution in [3.63, 3.8) is 0 Å². The SMILES string of the molecule is CCc1cc2oc3cc(=O)c(Cl)cc-3c(-c3ccccc3C(=O)OCOC(C)=O)c2cc1Cl. The molecule has 33 heavy (non-hydrogen) atoms. The van der Waals surface area contributed by atoms with Crippen LogP contribution in [0.3, 0.4) is 0 Å². The van der Waals surface area contributed by atoms with Crippen LogP contribution in [0, 0.1) is 0 Å². The van der Waals surface area contributed by atoms with Crippen LogP contribution in [0.25, 0.3) is 33.4 Å². The molecule has 0 saturated carbocycles. The summed E-state index contributed by atoms with van der Waals surface area (Å²) >= 11 is 12.7. The van der Waals surface area contributed by atoms with E-state index in [0.29, 0.717) is 44.9 Å². The van der Waals surface area contributed by atoms with Crippen LogP contribution in [0.2, 0.25) is 10.0 Å². The summed E-state index contributed by atoms with van der Waals surface area (Å²) in [5, 5.41) is 1.20. The summed E-state index contributed by atoms with van der Waals surface area (Å²) in [4.78, 5) is 36.1. The molecule has 2 aromatic carbocycles. The summed E-state index contributed by atoms with van der Waals surface area (Å²) in [7, 11) is 0. The fourth-order valence-corrected chi connectivity index (χ4v) is 4.10. The number of benzene rings is 3. The van der Waals surface area contributed by atoms with Crippen LogP contribution in [-0.4, -0.2) is 18.7 Å². The summed E-state index contributed by atoms with van der Waals surface area (Å²) < 4.78 is 15.9. The first kappa shape index (κ1) is 22.8. The van der Waals surface area contributed by atoms with Crippen molar-refractivity contribution in [3.8, 4) is 22.5 Å². The summed E-state index contributed by atoms with van der Waals surface area (Å²) in [6.07, 6.45) is 0.685. The van der Waals surface area contributed by atoms with Crippen LogP contribution in [-0.2, 0) is 20.7 Å². The van der Waals surface area contributed by atoms with Crippen LogP contribution in [0.4, 0.5) is 0 Å². The molecule has 4 rings (SSSR count). The maximum atomic E-state index is 12.8. The minimum Gasteiger partial charge on any atom is -0.456 e. The molecule has 1 aliphatic heterocycles. The van der Waals surface area contributed by atoms with Gasteiger partial charge in [0, 0.05) is 34.5 Å². The zero-order valence-electron chi connectivity index (χ0n) is 17.7. The molecular weight excluding hydrogens is 467 g/mol. The van der Waals surface area contributed by atoms with Crippen LogP contribution >= 0.6 is 23.2 Å². The Kier molecular flexibility index (Phi) is 6.40. The van der Waals surface area contributed by atoms with Crippen LogP contribution < -0.4 is 5.43 Å². The Hall–Kier alpha value is -3.35. The van der Waals surface area contributed by atoms with Gasteiger partial charge in [0.1, 0.15) is 11.3 Å². The summed E-state index contributed by atoms with van der Waals surface area (Å²) in [6, 6.07) is 13.2. The van der Waals surface area contributed by atoms with Crippen molar-refractivity contribution in [2.75, 3.05) is 6.79 Å².